The van der Waals surface area contributed by atoms with Crippen molar-refractivity contribution in [2.75, 3.05) is 26.2 Å². The van der Waals surface area contributed by atoms with E-state index < -0.39 is 0 Å². The summed E-state index contributed by atoms with van der Waals surface area (Å²) in [6, 6.07) is 17.2. The molecule has 1 aliphatic heterocycles. The van der Waals surface area contributed by atoms with Crippen molar-refractivity contribution in [1.82, 2.24) is 20.5 Å². The van der Waals surface area contributed by atoms with Gasteiger partial charge in [-0.05, 0) is 23.3 Å². The first-order valence-corrected chi connectivity index (χ1v) is 10.0. The number of carbonyl (C=O) groups excluding carboxylic acids is 2. The van der Waals surface area contributed by atoms with E-state index in [0.29, 0.717) is 37.6 Å². The van der Waals surface area contributed by atoms with E-state index in [1.165, 1.54) is 6.26 Å². The second-order valence-corrected chi connectivity index (χ2v) is 7.22. The normalized spacial score (nSPS) is 13.8. The summed E-state index contributed by atoms with van der Waals surface area (Å²) in [5.74, 6) is 0.284. The lowest BCUT2D eigenvalue weighted by atomic mass is 10.1. The van der Waals surface area contributed by atoms with Crippen molar-refractivity contribution in [1.29, 1.82) is 0 Å². The first-order chi connectivity index (χ1) is 14.7. The molecule has 2 aromatic carbocycles. The van der Waals surface area contributed by atoms with Crippen LogP contribution in [0.3, 0.4) is 0 Å². The van der Waals surface area contributed by atoms with Crippen molar-refractivity contribution in [2.24, 2.45) is 0 Å². The summed E-state index contributed by atoms with van der Waals surface area (Å²) in [4.78, 5) is 30.7. The van der Waals surface area contributed by atoms with Crippen molar-refractivity contribution < 1.29 is 14.0 Å². The number of piperazine rings is 1. The Kier molecular flexibility index (Phi) is 6.20. The number of nitrogens with zero attached hydrogens (tertiary/aromatic N) is 2. The Morgan fingerprint density at radius 1 is 1.00 bits per heavy atom. The van der Waals surface area contributed by atoms with Gasteiger partial charge in [0.25, 0.3) is 5.91 Å². The molecule has 4 rings (SSSR count). The van der Waals surface area contributed by atoms with Crippen molar-refractivity contribution in [3.63, 3.8) is 0 Å². The standard InChI is InChI=1S/C23H24N4O3/c28-21(14-17-4-2-1-3-5-17)25-15-18-6-8-19(9-7-18)22-26-20(16-30-22)23(29)27-12-10-24-11-13-27/h1-9,16,24H,10-15H2,(H,25,28). The van der Waals surface area contributed by atoms with E-state index in [4.69, 9.17) is 4.42 Å². The summed E-state index contributed by atoms with van der Waals surface area (Å²) >= 11 is 0. The van der Waals surface area contributed by atoms with Crippen LogP contribution in [0.5, 0.6) is 0 Å². The molecule has 2 amide bonds. The van der Waals surface area contributed by atoms with Gasteiger partial charge in [0.2, 0.25) is 11.8 Å². The number of hydrogen-bond donors (Lipinski definition) is 2. The Morgan fingerprint density at radius 2 is 1.73 bits per heavy atom. The monoisotopic (exact) mass is 404 g/mol. The van der Waals surface area contributed by atoms with E-state index >= 15 is 0 Å². The van der Waals surface area contributed by atoms with Gasteiger partial charge in [-0.1, -0.05) is 42.5 Å². The maximum Gasteiger partial charge on any atom is 0.275 e. The van der Waals surface area contributed by atoms with Gasteiger partial charge in [-0.3, -0.25) is 9.59 Å². The minimum absolute atomic E-state index is 0.0194. The third-order valence-electron chi connectivity index (χ3n) is 5.03. The topological polar surface area (TPSA) is 87.5 Å². The molecule has 0 atom stereocenters. The van der Waals surface area contributed by atoms with Crippen molar-refractivity contribution in [3.8, 4) is 11.5 Å². The van der Waals surface area contributed by atoms with Gasteiger partial charge in [0, 0.05) is 38.3 Å². The highest BCUT2D eigenvalue weighted by molar-refractivity contribution is 5.92. The predicted octanol–water partition coefficient (Wildman–Crippen LogP) is 2.25. The average molecular weight is 404 g/mol. The molecule has 2 N–H and O–H groups in total. The highest BCUT2D eigenvalue weighted by Crippen LogP contribution is 2.20. The van der Waals surface area contributed by atoms with E-state index in [2.05, 4.69) is 15.6 Å². The molecule has 3 aromatic rings. The van der Waals surface area contributed by atoms with Gasteiger partial charge in [-0.2, -0.15) is 0 Å². The molecule has 0 saturated carbocycles. The molecule has 2 heterocycles. The molecule has 0 aliphatic carbocycles. The molecule has 0 radical (unpaired) electrons. The number of oxazole rings is 1. The lowest BCUT2D eigenvalue weighted by Crippen LogP contribution is -2.46. The Bertz CT molecular complexity index is 993. The number of carbonyl (C=O) groups is 2. The quantitative estimate of drug-likeness (QED) is 0.658. The number of rotatable bonds is 6. The third-order valence-corrected chi connectivity index (χ3v) is 5.03. The zero-order valence-corrected chi connectivity index (χ0v) is 16.6. The van der Waals surface area contributed by atoms with Gasteiger partial charge in [-0.25, -0.2) is 4.98 Å². The molecular formula is C23H24N4O3. The van der Waals surface area contributed by atoms with Crippen molar-refractivity contribution in [2.45, 2.75) is 13.0 Å². The first-order valence-electron chi connectivity index (χ1n) is 10.0. The first kappa shape index (κ1) is 19.8. The second-order valence-electron chi connectivity index (χ2n) is 7.22. The summed E-state index contributed by atoms with van der Waals surface area (Å²) in [6.45, 7) is 3.38. The highest BCUT2D eigenvalue weighted by atomic mass is 16.3. The molecular weight excluding hydrogens is 380 g/mol. The molecule has 30 heavy (non-hydrogen) atoms. The lowest BCUT2D eigenvalue weighted by molar-refractivity contribution is -0.120. The van der Waals surface area contributed by atoms with Gasteiger partial charge < -0.3 is 20.0 Å². The fourth-order valence-electron chi connectivity index (χ4n) is 3.34. The summed E-state index contributed by atoms with van der Waals surface area (Å²) in [5.41, 5.74) is 3.07. The summed E-state index contributed by atoms with van der Waals surface area (Å²) in [6.07, 6.45) is 1.77. The van der Waals surface area contributed by atoms with E-state index in [9.17, 15) is 9.59 Å². The van der Waals surface area contributed by atoms with Crippen LogP contribution in [0, 0.1) is 0 Å². The van der Waals surface area contributed by atoms with Gasteiger partial charge >= 0.3 is 0 Å². The maximum atomic E-state index is 12.5. The van der Waals surface area contributed by atoms with Crippen LogP contribution < -0.4 is 10.6 Å². The number of aromatic nitrogens is 1. The van der Waals surface area contributed by atoms with Gasteiger partial charge in [0.05, 0.1) is 6.42 Å². The third kappa shape index (κ3) is 4.93. The molecule has 0 bridgehead atoms. The van der Waals surface area contributed by atoms with E-state index in [0.717, 1.165) is 29.8 Å². The fraction of sp³-hybridized carbons (Fsp3) is 0.261. The van der Waals surface area contributed by atoms with E-state index in [-0.39, 0.29) is 11.8 Å². The van der Waals surface area contributed by atoms with Crippen LogP contribution in [0.15, 0.2) is 65.3 Å². The maximum absolute atomic E-state index is 12.5. The molecule has 1 fully saturated rings. The van der Waals surface area contributed by atoms with Crippen LogP contribution in [0.4, 0.5) is 0 Å². The highest BCUT2D eigenvalue weighted by Gasteiger charge is 2.21. The Balaban J connectivity index is 1.33. The van der Waals surface area contributed by atoms with Crippen LogP contribution in [-0.4, -0.2) is 47.9 Å². The minimum atomic E-state index is -0.107. The van der Waals surface area contributed by atoms with Crippen LogP contribution in [0.1, 0.15) is 21.6 Å². The molecule has 7 heteroatoms. The van der Waals surface area contributed by atoms with Crippen LogP contribution in [0.2, 0.25) is 0 Å². The minimum Gasteiger partial charge on any atom is -0.444 e. The molecule has 0 spiro atoms. The van der Waals surface area contributed by atoms with E-state index in [1.807, 2.05) is 54.6 Å². The average Bonchev–Trinajstić information content (AvgIpc) is 3.29. The predicted molar refractivity (Wildman–Crippen MR) is 113 cm³/mol. The Labute approximate surface area is 175 Å². The summed E-state index contributed by atoms with van der Waals surface area (Å²) in [7, 11) is 0. The smallest absolute Gasteiger partial charge is 0.275 e. The molecule has 0 unspecified atom stereocenters. The van der Waals surface area contributed by atoms with Gasteiger partial charge in [0.15, 0.2) is 5.69 Å². The van der Waals surface area contributed by atoms with Crippen molar-refractivity contribution >= 4 is 11.8 Å². The number of amides is 2. The molecule has 154 valence electrons. The zero-order valence-electron chi connectivity index (χ0n) is 16.6. The van der Waals surface area contributed by atoms with Gasteiger partial charge in [0.1, 0.15) is 6.26 Å². The van der Waals surface area contributed by atoms with Crippen molar-refractivity contribution in [3.05, 3.63) is 77.7 Å². The van der Waals surface area contributed by atoms with E-state index in [1.54, 1.807) is 4.90 Å². The summed E-state index contributed by atoms with van der Waals surface area (Å²) in [5, 5.41) is 6.15. The molecule has 1 aromatic heterocycles. The van der Waals surface area contributed by atoms with Crippen LogP contribution >= 0.6 is 0 Å². The number of hydrogen-bond acceptors (Lipinski definition) is 5. The number of nitrogens with one attached hydrogen (secondary N) is 2. The van der Waals surface area contributed by atoms with Gasteiger partial charge in [-0.15, -0.1) is 0 Å². The Hall–Kier alpha value is -3.45. The molecule has 1 saturated heterocycles. The molecule has 1 aliphatic rings. The SMILES string of the molecule is O=C(Cc1ccccc1)NCc1ccc(-c2nc(C(=O)N3CCNCC3)co2)cc1. The largest absolute Gasteiger partial charge is 0.444 e. The molecule has 7 nitrogen and oxygen atoms in total. The summed E-state index contributed by atoms with van der Waals surface area (Å²) < 4.78 is 5.52. The number of benzene rings is 2. The second kappa shape index (κ2) is 9.37. The Morgan fingerprint density at radius 3 is 2.47 bits per heavy atom. The fourth-order valence-corrected chi connectivity index (χ4v) is 3.34. The lowest BCUT2D eigenvalue weighted by Gasteiger charge is -2.26. The van der Waals surface area contributed by atoms with Crippen LogP contribution in [-0.2, 0) is 17.8 Å². The van der Waals surface area contributed by atoms with Crippen LogP contribution in [0.25, 0.3) is 11.5 Å². The zero-order chi connectivity index (χ0) is 20.8.